The summed E-state index contributed by atoms with van der Waals surface area (Å²) in [4.78, 5) is 2.12. The topological polar surface area (TPSA) is 43.2 Å². The SMILES string of the molecule is Cc1ccccc1-n1c(SCc2cccc(C(F)(F)F)c2)nnc1N1CCOCC1. The minimum Gasteiger partial charge on any atom is -0.378 e. The Hall–Kier alpha value is -2.52. The number of halogens is 3. The molecule has 1 aromatic heterocycles. The maximum absolute atomic E-state index is 13.0. The molecule has 2 heterocycles. The van der Waals surface area contributed by atoms with Gasteiger partial charge in [-0.2, -0.15) is 13.2 Å². The summed E-state index contributed by atoms with van der Waals surface area (Å²) in [6.07, 6.45) is -4.36. The molecule has 0 unspecified atom stereocenters. The monoisotopic (exact) mass is 434 g/mol. The van der Waals surface area contributed by atoms with Crippen molar-refractivity contribution in [3.05, 3.63) is 65.2 Å². The number of para-hydroxylation sites is 1. The zero-order valence-corrected chi connectivity index (χ0v) is 17.2. The molecule has 9 heteroatoms. The highest BCUT2D eigenvalue weighted by Crippen LogP contribution is 2.33. The van der Waals surface area contributed by atoms with Crippen LogP contribution in [0.3, 0.4) is 0 Å². The molecule has 1 aliphatic heterocycles. The lowest BCUT2D eigenvalue weighted by molar-refractivity contribution is -0.137. The fourth-order valence-corrected chi connectivity index (χ4v) is 4.22. The van der Waals surface area contributed by atoms with Gasteiger partial charge < -0.3 is 9.64 Å². The van der Waals surface area contributed by atoms with Gasteiger partial charge in [0.2, 0.25) is 5.95 Å². The Morgan fingerprint density at radius 2 is 1.80 bits per heavy atom. The third-order valence-corrected chi connectivity index (χ3v) is 5.89. The number of nitrogens with zero attached hydrogens (tertiary/aromatic N) is 4. The Balaban J connectivity index is 1.65. The number of benzene rings is 2. The molecule has 0 aliphatic carbocycles. The van der Waals surface area contributed by atoms with E-state index in [1.807, 2.05) is 35.8 Å². The quantitative estimate of drug-likeness (QED) is 0.544. The van der Waals surface area contributed by atoms with Gasteiger partial charge in [0.15, 0.2) is 5.16 Å². The van der Waals surface area contributed by atoms with E-state index in [4.69, 9.17) is 4.74 Å². The Labute approximate surface area is 176 Å². The minimum atomic E-state index is -4.36. The number of thioether (sulfide) groups is 1. The van der Waals surface area contributed by atoms with E-state index in [-0.39, 0.29) is 0 Å². The molecule has 5 nitrogen and oxygen atoms in total. The number of anilines is 1. The molecule has 3 aromatic rings. The third-order valence-electron chi connectivity index (χ3n) is 4.89. The molecular formula is C21H21F3N4OS. The molecule has 0 N–H and O–H groups in total. The molecule has 0 bridgehead atoms. The predicted octanol–water partition coefficient (Wildman–Crippen LogP) is 4.72. The van der Waals surface area contributed by atoms with E-state index in [0.29, 0.717) is 42.8 Å². The normalized spacial score (nSPS) is 14.9. The zero-order chi connectivity index (χ0) is 21.1. The average molecular weight is 434 g/mol. The Kier molecular flexibility index (Phi) is 6.01. The molecule has 1 fully saturated rings. The fraction of sp³-hybridized carbons (Fsp3) is 0.333. The number of ether oxygens (including phenoxy) is 1. The van der Waals surface area contributed by atoms with Crippen LogP contribution in [0.15, 0.2) is 53.7 Å². The minimum absolute atomic E-state index is 0.358. The number of aryl methyl sites for hydroxylation is 1. The van der Waals surface area contributed by atoms with Crippen molar-refractivity contribution in [1.82, 2.24) is 14.8 Å². The average Bonchev–Trinajstić information content (AvgIpc) is 3.16. The molecule has 0 atom stereocenters. The lowest BCUT2D eigenvalue weighted by Crippen LogP contribution is -2.38. The maximum atomic E-state index is 13.0. The van der Waals surface area contributed by atoms with Gasteiger partial charge in [-0.3, -0.25) is 4.57 Å². The van der Waals surface area contributed by atoms with Crippen molar-refractivity contribution in [2.24, 2.45) is 0 Å². The summed E-state index contributed by atoms with van der Waals surface area (Å²) >= 11 is 1.37. The van der Waals surface area contributed by atoms with Crippen LogP contribution in [0.5, 0.6) is 0 Å². The van der Waals surface area contributed by atoms with Gasteiger partial charge in [0.1, 0.15) is 0 Å². The first-order chi connectivity index (χ1) is 14.4. The molecule has 2 aromatic carbocycles. The molecule has 1 saturated heterocycles. The van der Waals surface area contributed by atoms with Crippen molar-refractivity contribution in [2.45, 2.75) is 24.0 Å². The largest absolute Gasteiger partial charge is 0.416 e. The molecule has 0 amide bonds. The number of hydrogen-bond acceptors (Lipinski definition) is 5. The van der Waals surface area contributed by atoms with Gasteiger partial charge in [-0.15, -0.1) is 10.2 Å². The zero-order valence-electron chi connectivity index (χ0n) is 16.4. The van der Waals surface area contributed by atoms with Gasteiger partial charge in [-0.25, -0.2) is 0 Å². The van der Waals surface area contributed by atoms with Crippen molar-refractivity contribution < 1.29 is 17.9 Å². The van der Waals surface area contributed by atoms with E-state index in [9.17, 15) is 13.2 Å². The molecule has 0 radical (unpaired) electrons. The van der Waals surface area contributed by atoms with Crippen molar-refractivity contribution in [3.8, 4) is 5.69 Å². The van der Waals surface area contributed by atoms with E-state index in [1.54, 1.807) is 6.07 Å². The summed E-state index contributed by atoms with van der Waals surface area (Å²) in [5.74, 6) is 1.08. The second kappa shape index (κ2) is 8.69. The highest BCUT2D eigenvalue weighted by atomic mass is 32.2. The maximum Gasteiger partial charge on any atom is 0.416 e. The number of hydrogen-bond donors (Lipinski definition) is 0. The molecule has 4 rings (SSSR count). The highest BCUT2D eigenvalue weighted by Gasteiger charge is 2.30. The second-order valence-electron chi connectivity index (χ2n) is 6.99. The van der Waals surface area contributed by atoms with Crippen molar-refractivity contribution >= 4 is 17.7 Å². The summed E-state index contributed by atoms with van der Waals surface area (Å²) in [5.41, 5.74) is 1.96. The van der Waals surface area contributed by atoms with Crippen LogP contribution >= 0.6 is 11.8 Å². The van der Waals surface area contributed by atoms with Crippen LogP contribution in [0.4, 0.5) is 19.1 Å². The number of alkyl halides is 3. The fourth-order valence-electron chi connectivity index (χ4n) is 3.33. The van der Waals surface area contributed by atoms with Gasteiger partial charge >= 0.3 is 6.18 Å². The lowest BCUT2D eigenvalue weighted by atomic mass is 10.1. The summed E-state index contributed by atoms with van der Waals surface area (Å²) < 4.78 is 46.5. The predicted molar refractivity (Wildman–Crippen MR) is 110 cm³/mol. The van der Waals surface area contributed by atoms with Crippen molar-refractivity contribution in [2.75, 3.05) is 31.2 Å². The Morgan fingerprint density at radius 1 is 1.03 bits per heavy atom. The molecular weight excluding hydrogens is 413 g/mol. The smallest absolute Gasteiger partial charge is 0.378 e. The van der Waals surface area contributed by atoms with E-state index in [2.05, 4.69) is 15.1 Å². The lowest BCUT2D eigenvalue weighted by Gasteiger charge is -2.28. The van der Waals surface area contributed by atoms with Gasteiger partial charge in [0.05, 0.1) is 24.5 Å². The van der Waals surface area contributed by atoms with Crippen LogP contribution in [0.2, 0.25) is 0 Å². The summed E-state index contributed by atoms with van der Waals surface area (Å²) in [5, 5.41) is 9.42. The van der Waals surface area contributed by atoms with Crippen LogP contribution in [-0.4, -0.2) is 41.1 Å². The van der Waals surface area contributed by atoms with Crippen LogP contribution in [0.1, 0.15) is 16.7 Å². The second-order valence-corrected chi connectivity index (χ2v) is 7.93. The van der Waals surface area contributed by atoms with E-state index >= 15 is 0 Å². The summed E-state index contributed by atoms with van der Waals surface area (Å²) in [6.45, 7) is 4.67. The molecule has 0 spiro atoms. The first kappa shape index (κ1) is 20.7. The van der Waals surface area contributed by atoms with Crippen LogP contribution in [0, 0.1) is 6.92 Å². The van der Waals surface area contributed by atoms with Crippen molar-refractivity contribution in [3.63, 3.8) is 0 Å². The van der Waals surface area contributed by atoms with Crippen LogP contribution in [0.25, 0.3) is 5.69 Å². The summed E-state index contributed by atoms with van der Waals surface area (Å²) in [7, 11) is 0. The van der Waals surface area contributed by atoms with Gasteiger partial charge in [0, 0.05) is 18.8 Å². The number of rotatable bonds is 5. The van der Waals surface area contributed by atoms with Crippen molar-refractivity contribution in [1.29, 1.82) is 0 Å². The first-order valence-corrected chi connectivity index (χ1v) is 10.5. The number of morpholine rings is 1. The van der Waals surface area contributed by atoms with Crippen LogP contribution in [-0.2, 0) is 16.7 Å². The van der Waals surface area contributed by atoms with Gasteiger partial charge in [-0.05, 0) is 30.2 Å². The van der Waals surface area contributed by atoms with E-state index < -0.39 is 11.7 Å². The standard InChI is InChI=1S/C21H21F3N4OS/c1-15-5-2-3-8-18(15)28-19(27-9-11-29-12-10-27)25-26-20(28)30-14-16-6-4-7-17(13-16)21(22,23)24/h2-8,13H,9-12,14H2,1H3. The highest BCUT2D eigenvalue weighted by molar-refractivity contribution is 7.98. The number of aromatic nitrogens is 3. The van der Waals surface area contributed by atoms with Crippen LogP contribution < -0.4 is 4.90 Å². The van der Waals surface area contributed by atoms with Gasteiger partial charge in [0.25, 0.3) is 0 Å². The van der Waals surface area contributed by atoms with Gasteiger partial charge in [-0.1, -0.05) is 48.2 Å². The Bertz CT molecular complexity index is 1020. The molecule has 30 heavy (non-hydrogen) atoms. The van der Waals surface area contributed by atoms with E-state index in [0.717, 1.165) is 23.3 Å². The third kappa shape index (κ3) is 4.46. The molecule has 0 saturated carbocycles. The first-order valence-electron chi connectivity index (χ1n) is 9.56. The summed E-state index contributed by atoms with van der Waals surface area (Å²) in [6, 6.07) is 13.3. The molecule has 1 aliphatic rings. The van der Waals surface area contributed by atoms with E-state index in [1.165, 1.54) is 23.9 Å². The Morgan fingerprint density at radius 3 is 2.53 bits per heavy atom. The molecule has 158 valence electrons.